The van der Waals surface area contributed by atoms with E-state index in [1.165, 1.54) is 11.8 Å². The molecular formula is C21H26ClN3O3S. The van der Waals surface area contributed by atoms with Crippen molar-refractivity contribution in [1.82, 2.24) is 5.43 Å². The summed E-state index contributed by atoms with van der Waals surface area (Å²) in [5, 5.41) is 4.38. The molecule has 0 bridgehead atoms. The van der Waals surface area contributed by atoms with Crippen LogP contribution in [0.5, 0.6) is 17.2 Å². The first-order valence-electron chi connectivity index (χ1n) is 9.26. The van der Waals surface area contributed by atoms with Gasteiger partial charge in [0.05, 0.1) is 18.3 Å². The lowest BCUT2D eigenvalue weighted by molar-refractivity contribution is 0.211. The Morgan fingerprint density at radius 1 is 1.24 bits per heavy atom. The highest BCUT2D eigenvalue weighted by atomic mass is 35.5. The summed E-state index contributed by atoms with van der Waals surface area (Å²) >= 11 is 11.0. The number of hydrogen-bond acceptors (Lipinski definition) is 5. The second-order valence-electron chi connectivity index (χ2n) is 6.34. The van der Waals surface area contributed by atoms with E-state index in [1.54, 1.807) is 19.2 Å². The summed E-state index contributed by atoms with van der Waals surface area (Å²) < 4.78 is 16.9. The van der Waals surface area contributed by atoms with Crippen molar-refractivity contribution in [3.63, 3.8) is 0 Å². The third kappa shape index (κ3) is 7.11. The first kappa shape index (κ1) is 22.8. The Morgan fingerprint density at radius 2 is 1.93 bits per heavy atom. The highest BCUT2D eigenvalue weighted by molar-refractivity contribution is 7.80. The zero-order valence-corrected chi connectivity index (χ0v) is 18.3. The molecule has 2 aromatic rings. The van der Waals surface area contributed by atoms with Crippen molar-refractivity contribution >= 4 is 35.1 Å². The first-order valence-corrected chi connectivity index (χ1v) is 10.0. The van der Waals surface area contributed by atoms with Crippen LogP contribution in [0.2, 0.25) is 5.02 Å². The Hall–Kier alpha value is -2.51. The lowest BCUT2D eigenvalue weighted by Crippen LogP contribution is -2.23. The van der Waals surface area contributed by atoms with Gasteiger partial charge in [0.25, 0.3) is 0 Å². The monoisotopic (exact) mass is 435 g/mol. The van der Waals surface area contributed by atoms with Crippen LogP contribution in [0.15, 0.2) is 41.5 Å². The number of nitrogens with two attached hydrogens (primary N) is 1. The molecule has 0 aromatic heterocycles. The Morgan fingerprint density at radius 3 is 2.55 bits per heavy atom. The van der Waals surface area contributed by atoms with E-state index >= 15 is 0 Å². The molecule has 0 amide bonds. The van der Waals surface area contributed by atoms with Crippen LogP contribution in [0.25, 0.3) is 0 Å². The molecule has 2 aromatic carbocycles. The largest absolute Gasteiger partial charge is 0.493 e. The minimum absolute atomic E-state index is 0.0776. The number of ether oxygens (including phenoxy) is 3. The Labute approximate surface area is 182 Å². The number of hydrogen-bond donors (Lipinski definition) is 2. The van der Waals surface area contributed by atoms with E-state index in [-0.39, 0.29) is 5.11 Å². The average molecular weight is 436 g/mol. The average Bonchev–Trinajstić information content (AvgIpc) is 2.71. The topological polar surface area (TPSA) is 78.1 Å². The maximum absolute atomic E-state index is 6.33. The fraction of sp³-hybridized carbons (Fsp3) is 0.333. The molecule has 0 fully saturated rings. The number of nitrogens with zero attached hydrogens (tertiary/aromatic N) is 1. The number of halogens is 1. The molecule has 8 heteroatoms. The molecule has 0 aliphatic carbocycles. The Kier molecular flexibility index (Phi) is 9.02. The van der Waals surface area contributed by atoms with Crippen molar-refractivity contribution in [2.24, 2.45) is 10.8 Å². The third-order valence-electron chi connectivity index (χ3n) is 4.30. The molecule has 0 radical (unpaired) electrons. The normalized spacial score (nSPS) is 11.9. The van der Waals surface area contributed by atoms with Crippen molar-refractivity contribution in [3.8, 4) is 17.2 Å². The van der Waals surface area contributed by atoms with Gasteiger partial charge in [0.2, 0.25) is 0 Å². The van der Waals surface area contributed by atoms with Crippen molar-refractivity contribution in [3.05, 3.63) is 52.5 Å². The lowest BCUT2D eigenvalue weighted by atomic mass is 9.99. The maximum Gasteiger partial charge on any atom is 0.184 e. The summed E-state index contributed by atoms with van der Waals surface area (Å²) in [5.74, 6) is 2.28. The number of nitrogens with one attached hydrogen (secondary N) is 1. The SMILES string of the molecule is CC[C@@H](C)c1ccc(OCCOc2c(Cl)cc(/C=N\NC(N)=S)cc2OC)cc1. The minimum atomic E-state index is 0.0776. The van der Waals surface area contributed by atoms with Gasteiger partial charge in [-0.1, -0.05) is 37.6 Å². The van der Waals surface area contributed by atoms with Crippen LogP contribution in [0, 0.1) is 0 Å². The fourth-order valence-electron chi connectivity index (χ4n) is 2.56. The second-order valence-corrected chi connectivity index (χ2v) is 7.19. The zero-order chi connectivity index (χ0) is 21.2. The molecule has 6 nitrogen and oxygen atoms in total. The van der Waals surface area contributed by atoms with Gasteiger partial charge < -0.3 is 19.9 Å². The van der Waals surface area contributed by atoms with E-state index in [9.17, 15) is 0 Å². The molecule has 1 atom stereocenters. The maximum atomic E-state index is 6.33. The van der Waals surface area contributed by atoms with E-state index in [0.29, 0.717) is 41.2 Å². The summed E-state index contributed by atoms with van der Waals surface area (Å²) in [7, 11) is 1.54. The number of benzene rings is 2. The van der Waals surface area contributed by atoms with Crippen LogP contribution < -0.4 is 25.4 Å². The molecule has 0 heterocycles. The molecule has 0 aliphatic rings. The predicted octanol–water partition coefficient (Wildman–Crippen LogP) is 4.49. The van der Waals surface area contributed by atoms with Gasteiger partial charge in [-0.15, -0.1) is 0 Å². The molecule has 0 unspecified atom stereocenters. The molecule has 3 N–H and O–H groups in total. The standard InChI is InChI=1S/C21H26ClN3O3S/c1-4-14(2)16-5-7-17(8-6-16)27-9-10-28-20-18(22)11-15(12-19(20)26-3)13-24-25-21(23)29/h5-8,11-14H,4,9-10H2,1-3H3,(H3,23,25,29)/b24-13-/t14-/m1/s1. The zero-order valence-electron chi connectivity index (χ0n) is 16.8. The van der Waals surface area contributed by atoms with E-state index in [2.05, 4.69) is 36.5 Å². The summed E-state index contributed by atoms with van der Waals surface area (Å²) in [6, 6.07) is 11.6. The summed E-state index contributed by atoms with van der Waals surface area (Å²) in [4.78, 5) is 0. The molecular weight excluding hydrogens is 410 g/mol. The van der Waals surface area contributed by atoms with Gasteiger partial charge in [-0.3, -0.25) is 5.43 Å². The number of rotatable bonds is 10. The van der Waals surface area contributed by atoms with Gasteiger partial charge in [-0.2, -0.15) is 5.10 Å². The fourth-order valence-corrected chi connectivity index (χ4v) is 2.88. The number of thiocarbonyl (C=S) groups is 1. The first-order chi connectivity index (χ1) is 13.9. The van der Waals surface area contributed by atoms with Gasteiger partial charge in [0, 0.05) is 0 Å². The molecule has 156 valence electrons. The van der Waals surface area contributed by atoms with Crippen LogP contribution in [-0.2, 0) is 0 Å². The van der Waals surface area contributed by atoms with E-state index in [4.69, 9.17) is 43.8 Å². The second kappa shape index (κ2) is 11.5. The van der Waals surface area contributed by atoms with E-state index in [1.807, 2.05) is 12.1 Å². The summed E-state index contributed by atoms with van der Waals surface area (Å²) in [6.45, 7) is 5.09. The summed E-state index contributed by atoms with van der Waals surface area (Å²) in [5.41, 5.74) is 9.82. The molecule has 29 heavy (non-hydrogen) atoms. The Balaban J connectivity index is 1.92. The van der Waals surface area contributed by atoms with Crippen LogP contribution in [0.3, 0.4) is 0 Å². The van der Waals surface area contributed by atoms with Gasteiger partial charge in [0.15, 0.2) is 16.6 Å². The molecule has 0 spiro atoms. The molecule has 0 saturated heterocycles. The minimum Gasteiger partial charge on any atom is -0.493 e. The number of methoxy groups -OCH3 is 1. The number of hydrazone groups is 1. The Bertz CT molecular complexity index is 844. The van der Waals surface area contributed by atoms with Crippen molar-refractivity contribution in [2.45, 2.75) is 26.2 Å². The van der Waals surface area contributed by atoms with Gasteiger partial charge in [-0.25, -0.2) is 0 Å². The van der Waals surface area contributed by atoms with Crippen LogP contribution >= 0.6 is 23.8 Å². The molecule has 0 aliphatic heterocycles. The van der Waals surface area contributed by atoms with Crippen LogP contribution in [0.1, 0.15) is 37.3 Å². The third-order valence-corrected chi connectivity index (χ3v) is 4.67. The van der Waals surface area contributed by atoms with Crippen LogP contribution in [0.4, 0.5) is 0 Å². The summed E-state index contributed by atoms with van der Waals surface area (Å²) in [6.07, 6.45) is 2.64. The van der Waals surface area contributed by atoms with Gasteiger partial charge in [0.1, 0.15) is 19.0 Å². The van der Waals surface area contributed by atoms with Gasteiger partial charge >= 0.3 is 0 Å². The van der Waals surface area contributed by atoms with Gasteiger partial charge in [-0.05, 0) is 59.9 Å². The van der Waals surface area contributed by atoms with Crippen molar-refractivity contribution in [1.29, 1.82) is 0 Å². The predicted molar refractivity (Wildman–Crippen MR) is 122 cm³/mol. The van der Waals surface area contributed by atoms with Crippen molar-refractivity contribution in [2.75, 3.05) is 20.3 Å². The molecule has 0 saturated carbocycles. The molecule has 2 rings (SSSR count). The highest BCUT2D eigenvalue weighted by Crippen LogP contribution is 2.36. The quantitative estimate of drug-likeness (QED) is 0.248. The highest BCUT2D eigenvalue weighted by Gasteiger charge is 2.12. The lowest BCUT2D eigenvalue weighted by Gasteiger charge is -2.14. The van der Waals surface area contributed by atoms with Crippen molar-refractivity contribution < 1.29 is 14.2 Å². The van der Waals surface area contributed by atoms with Crippen LogP contribution in [-0.4, -0.2) is 31.7 Å². The van der Waals surface area contributed by atoms with E-state index in [0.717, 1.165) is 12.2 Å². The van der Waals surface area contributed by atoms with E-state index < -0.39 is 0 Å². The smallest absolute Gasteiger partial charge is 0.184 e.